The second-order valence-corrected chi connectivity index (χ2v) is 5.15. The Hall–Kier alpha value is -0.610. The van der Waals surface area contributed by atoms with Crippen molar-refractivity contribution in [2.24, 2.45) is 0 Å². The van der Waals surface area contributed by atoms with E-state index in [4.69, 9.17) is 5.11 Å². The summed E-state index contributed by atoms with van der Waals surface area (Å²) >= 11 is 0. The van der Waals surface area contributed by atoms with Gasteiger partial charge in [-0.25, -0.2) is 0 Å². The maximum atomic E-state index is 10.3. The van der Waals surface area contributed by atoms with Crippen molar-refractivity contribution in [3.8, 4) is 0 Å². The van der Waals surface area contributed by atoms with Gasteiger partial charge in [-0.15, -0.1) is 0 Å². The molecular weight excluding hydrogens is 216 g/mol. The number of carbonyl (C=O) groups is 1. The first-order chi connectivity index (χ1) is 8.11. The number of hydrogen-bond donors (Lipinski definition) is 2. The highest BCUT2D eigenvalue weighted by molar-refractivity contribution is 5.66. The third-order valence-electron chi connectivity index (χ3n) is 3.50. The number of carboxylic acid groups (broad SMARTS) is 1. The lowest BCUT2D eigenvalue weighted by atomic mass is 10.2. The third kappa shape index (κ3) is 6.64. The fourth-order valence-electron chi connectivity index (χ4n) is 2.00. The minimum Gasteiger partial charge on any atom is -0.481 e. The van der Waals surface area contributed by atoms with Crippen LogP contribution in [-0.2, 0) is 4.79 Å². The van der Waals surface area contributed by atoms with Gasteiger partial charge in [0.15, 0.2) is 0 Å². The molecule has 0 aliphatic heterocycles. The number of nitrogens with one attached hydrogen (secondary N) is 1. The fourth-order valence-corrected chi connectivity index (χ4v) is 2.00. The van der Waals surface area contributed by atoms with Crippen LogP contribution in [0.5, 0.6) is 0 Å². The number of rotatable bonds is 10. The fraction of sp³-hybridized carbons (Fsp3) is 0.923. The summed E-state index contributed by atoms with van der Waals surface area (Å²) in [6.45, 7) is 4.30. The standard InChI is InChI=1S/C13H26N2O2/c1-11(15(2)12-7-8-12)10-14-9-5-3-4-6-13(16)17/h11-12,14H,3-10H2,1-2H3,(H,16,17). The van der Waals surface area contributed by atoms with Gasteiger partial charge in [0.25, 0.3) is 0 Å². The van der Waals surface area contributed by atoms with Crippen LogP contribution >= 0.6 is 0 Å². The average Bonchev–Trinajstić information content (AvgIpc) is 3.09. The van der Waals surface area contributed by atoms with Crippen LogP contribution in [0.2, 0.25) is 0 Å². The van der Waals surface area contributed by atoms with Crippen molar-refractivity contribution in [2.45, 2.75) is 57.5 Å². The van der Waals surface area contributed by atoms with Crippen LogP contribution in [0.15, 0.2) is 0 Å². The molecule has 1 atom stereocenters. The Morgan fingerprint density at radius 2 is 2.12 bits per heavy atom. The lowest BCUT2D eigenvalue weighted by Crippen LogP contribution is -2.39. The summed E-state index contributed by atoms with van der Waals surface area (Å²) in [5.41, 5.74) is 0. The predicted molar refractivity (Wildman–Crippen MR) is 69.2 cm³/mol. The molecule has 4 nitrogen and oxygen atoms in total. The molecule has 1 fully saturated rings. The number of aliphatic carboxylic acids is 1. The van der Waals surface area contributed by atoms with E-state index in [-0.39, 0.29) is 0 Å². The molecule has 4 heteroatoms. The molecule has 1 saturated carbocycles. The molecule has 0 aromatic heterocycles. The molecule has 1 aliphatic carbocycles. The van der Waals surface area contributed by atoms with Crippen molar-refractivity contribution in [2.75, 3.05) is 20.1 Å². The first-order valence-corrected chi connectivity index (χ1v) is 6.75. The molecule has 0 radical (unpaired) electrons. The lowest BCUT2D eigenvalue weighted by molar-refractivity contribution is -0.137. The Kier molecular flexibility index (Phi) is 6.52. The normalized spacial score (nSPS) is 17.4. The van der Waals surface area contributed by atoms with E-state index < -0.39 is 5.97 Å². The summed E-state index contributed by atoms with van der Waals surface area (Å²) in [5, 5.41) is 11.9. The van der Waals surface area contributed by atoms with Gasteiger partial charge in [0.05, 0.1) is 0 Å². The maximum absolute atomic E-state index is 10.3. The summed E-state index contributed by atoms with van der Waals surface area (Å²) < 4.78 is 0. The monoisotopic (exact) mass is 242 g/mol. The largest absolute Gasteiger partial charge is 0.481 e. The zero-order valence-corrected chi connectivity index (χ0v) is 11.1. The Balaban J connectivity index is 1.87. The topological polar surface area (TPSA) is 52.6 Å². The zero-order chi connectivity index (χ0) is 12.7. The SMILES string of the molecule is CC(CNCCCCCC(=O)O)N(C)C1CC1. The van der Waals surface area contributed by atoms with Crippen molar-refractivity contribution in [3.63, 3.8) is 0 Å². The minimum absolute atomic E-state index is 0.306. The Labute approximate surface area is 104 Å². The average molecular weight is 242 g/mol. The minimum atomic E-state index is -0.683. The van der Waals surface area contributed by atoms with Gasteiger partial charge < -0.3 is 10.4 Å². The zero-order valence-electron chi connectivity index (χ0n) is 11.1. The molecule has 2 N–H and O–H groups in total. The first-order valence-electron chi connectivity index (χ1n) is 6.75. The van der Waals surface area contributed by atoms with Crippen molar-refractivity contribution in [3.05, 3.63) is 0 Å². The van der Waals surface area contributed by atoms with E-state index in [0.717, 1.165) is 38.4 Å². The summed E-state index contributed by atoms with van der Waals surface area (Å²) in [4.78, 5) is 12.8. The number of likely N-dealkylation sites (N-methyl/N-ethyl adjacent to an activating group) is 1. The lowest BCUT2D eigenvalue weighted by Gasteiger charge is -2.24. The van der Waals surface area contributed by atoms with Gasteiger partial charge in [0, 0.05) is 25.0 Å². The summed E-state index contributed by atoms with van der Waals surface area (Å²) in [7, 11) is 2.21. The van der Waals surface area contributed by atoms with Crippen molar-refractivity contribution < 1.29 is 9.90 Å². The van der Waals surface area contributed by atoms with Crippen LogP contribution < -0.4 is 5.32 Å². The van der Waals surface area contributed by atoms with E-state index in [0.29, 0.717) is 12.5 Å². The van der Waals surface area contributed by atoms with Crippen LogP contribution in [0.4, 0.5) is 0 Å². The van der Waals surface area contributed by atoms with Crippen LogP contribution in [0.3, 0.4) is 0 Å². The molecule has 0 aromatic carbocycles. The number of nitrogens with zero attached hydrogens (tertiary/aromatic N) is 1. The Morgan fingerprint density at radius 1 is 1.41 bits per heavy atom. The molecule has 0 bridgehead atoms. The van der Waals surface area contributed by atoms with Crippen LogP contribution in [0, 0.1) is 0 Å². The van der Waals surface area contributed by atoms with Crippen LogP contribution in [0.1, 0.15) is 45.4 Å². The van der Waals surface area contributed by atoms with Crippen molar-refractivity contribution >= 4 is 5.97 Å². The molecule has 17 heavy (non-hydrogen) atoms. The molecule has 0 heterocycles. The predicted octanol–water partition coefficient (Wildman–Crippen LogP) is 1.70. The highest BCUT2D eigenvalue weighted by atomic mass is 16.4. The second-order valence-electron chi connectivity index (χ2n) is 5.15. The highest BCUT2D eigenvalue weighted by Gasteiger charge is 2.28. The maximum Gasteiger partial charge on any atom is 0.303 e. The van der Waals surface area contributed by atoms with Gasteiger partial charge in [0.1, 0.15) is 0 Å². The molecule has 0 saturated heterocycles. The van der Waals surface area contributed by atoms with Crippen LogP contribution in [-0.4, -0.2) is 48.2 Å². The van der Waals surface area contributed by atoms with Gasteiger partial charge in [0.2, 0.25) is 0 Å². The number of unbranched alkanes of at least 4 members (excludes halogenated alkanes) is 2. The molecule has 0 spiro atoms. The van der Waals surface area contributed by atoms with Gasteiger partial charge in [-0.2, -0.15) is 0 Å². The highest BCUT2D eigenvalue weighted by Crippen LogP contribution is 2.26. The first kappa shape index (κ1) is 14.5. The molecule has 100 valence electrons. The smallest absolute Gasteiger partial charge is 0.303 e. The molecule has 1 rings (SSSR count). The third-order valence-corrected chi connectivity index (χ3v) is 3.50. The van der Waals surface area contributed by atoms with E-state index in [1.807, 2.05) is 0 Å². The van der Waals surface area contributed by atoms with E-state index >= 15 is 0 Å². The van der Waals surface area contributed by atoms with E-state index in [1.165, 1.54) is 12.8 Å². The second kappa shape index (κ2) is 7.67. The van der Waals surface area contributed by atoms with Crippen molar-refractivity contribution in [1.82, 2.24) is 10.2 Å². The van der Waals surface area contributed by atoms with Gasteiger partial charge >= 0.3 is 5.97 Å². The van der Waals surface area contributed by atoms with Crippen molar-refractivity contribution in [1.29, 1.82) is 0 Å². The van der Waals surface area contributed by atoms with Gasteiger partial charge in [-0.1, -0.05) is 6.42 Å². The van der Waals surface area contributed by atoms with E-state index in [9.17, 15) is 4.79 Å². The molecule has 1 aliphatic rings. The molecule has 1 unspecified atom stereocenters. The van der Waals surface area contributed by atoms with E-state index in [1.54, 1.807) is 0 Å². The molecule has 0 aromatic rings. The quantitative estimate of drug-likeness (QED) is 0.573. The Bertz CT molecular complexity index is 229. The number of carboxylic acids is 1. The van der Waals surface area contributed by atoms with E-state index in [2.05, 4.69) is 24.2 Å². The van der Waals surface area contributed by atoms with Gasteiger partial charge in [-0.05, 0) is 46.2 Å². The number of hydrogen-bond acceptors (Lipinski definition) is 3. The van der Waals surface area contributed by atoms with Crippen LogP contribution in [0.25, 0.3) is 0 Å². The molecular formula is C13H26N2O2. The Morgan fingerprint density at radius 3 is 2.71 bits per heavy atom. The summed E-state index contributed by atoms with van der Waals surface area (Å²) in [6.07, 6.45) is 5.90. The summed E-state index contributed by atoms with van der Waals surface area (Å²) in [6, 6.07) is 1.42. The molecule has 0 amide bonds. The van der Waals surface area contributed by atoms with Gasteiger partial charge in [-0.3, -0.25) is 9.69 Å². The summed E-state index contributed by atoms with van der Waals surface area (Å²) in [5.74, 6) is -0.683.